The van der Waals surface area contributed by atoms with Gasteiger partial charge in [-0.25, -0.2) is 0 Å². The third-order valence-corrected chi connectivity index (χ3v) is 3.85. The van der Waals surface area contributed by atoms with Gasteiger partial charge in [0.25, 0.3) is 0 Å². The van der Waals surface area contributed by atoms with Crippen LogP contribution in [0.15, 0.2) is 0 Å². The summed E-state index contributed by atoms with van der Waals surface area (Å²) in [7, 11) is 0. The minimum absolute atomic E-state index is 0.727. The number of hydrogen-bond donors (Lipinski definition) is 1. The van der Waals surface area contributed by atoms with Crippen molar-refractivity contribution in [1.29, 1.82) is 0 Å². The average molecular weight is 226 g/mol. The van der Waals surface area contributed by atoms with Crippen molar-refractivity contribution < 1.29 is 0 Å². The molecular formula is C14H30N2. The number of nitrogens with one attached hydrogen (secondary N) is 1. The lowest BCUT2D eigenvalue weighted by atomic mass is 10.1. The summed E-state index contributed by atoms with van der Waals surface area (Å²) in [4.78, 5) is 2.63. The molecule has 2 nitrogen and oxygen atoms in total. The zero-order chi connectivity index (χ0) is 12.0. The summed E-state index contributed by atoms with van der Waals surface area (Å²) in [5.74, 6) is 0.832. The van der Waals surface area contributed by atoms with Gasteiger partial charge in [-0.05, 0) is 45.2 Å². The molecule has 16 heavy (non-hydrogen) atoms. The lowest BCUT2D eigenvalue weighted by Gasteiger charge is -2.30. The first-order chi connectivity index (χ1) is 7.67. The molecule has 1 fully saturated rings. The van der Waals surface area contributed by atoms with Gasteiger partial charge in [-0.2, -0.15) is 0 Å². The molecule has 1 aliphatic carbocycles. The van der Waals surface area contributed by atoms with Crippen molar-refractivity contribution in [2.24, 2.45) is 5.92 Å². The second kappa shape index (κ2) is 7.29. The summed E-state index contributed by atoms with van der Waals surface area (Å²) in [6, 6.07) is 1.59. The maximum atomic E-state index is 3.61. The molecule has 1 N–H and O–H groups in total. The van der Waals surface area contributed by atoms with Crippen LogP contribution in [0.4, 0.5) is 0 Å². The van der Waals surface area contributed by atoms with Gasteiger partial charge in [0.1, 0.15) is 0 Å². The van der Waals surface area contributed by atoms with Crippen LogP contribution >= 0.6 is 0 Å². The van der Waals surface area contributed by atoms with Crippen LogP contribution in [0.5, 0.6) is 0 Å². The smallest absolute Gasteiger partial charge is 0.00790 e. The highest BCUT2D eigenvalue weighted by Crippen LogP contribution is 2.18. The molecule has 0 aliphatic heterocycles. The normalized spacial score (nSPS) is 20.1. The fourth-order valence-corrected chi connectivity index (χ4v) is 2.12. The predicted octanol–water partition coefficient (Wildman–Crippen LogP) is 2.89. The molecule has 0 aromatic rings. The predicted molar refractivity (Wildman–Crippen MR) is 71.8 cm³/mol. The molecular weight excluding hydrogens is 196 g/mol. The van der Waals surface area contributed by atoms with Crippen molar-refractivity contribution in [3.8, 4) is 0 Å². The Hall–Kier alpha value is -0.0800. The molecule has 0 aromatic carbocycles. The van der Waals surface area contributed by atoms with Gasteiger partial charge in [0, 0.05) is 18.6 Å². The SMILES string of the molecule is CCC(C)CN(CC)C(C)CCNC1CC1. The van der Waals surface area contributed by atoms with E-state index in [4.69, 9.17) is 0 Å². The van der Waals surface area contributed by atoms with Crippen LogP contribution in [0.25, 0.3) is 0 Å². The van der Waals surface area contributed by atoms with Crippen LogP contribution in [-0.2, 0) is 0 Å². The minimum Gasteiger partial charge on any atom is -0.314 e. The zero-order valence-electron chi connectivity index (χ0n) is 11.6. The summed E-state index contributed by atoms with van der Waals surface area (Å²) in [5, 5.41) is 3.61. The van der Waals surface area contributed by atoms with E-state index >= 15 is 0 Å². The molecule has 1 aliphatic rings. The molecule has 0 amide bonds. The zero-order valence-corrected chi connectivity index (χ0v) is 11.6. The van der Waals surface area contributed by atoms with Crippen LogP contribution in [0.3, 0.4) is 0 Å². The van der Waals surface area contributed by atoms with Crippen LogP contribution in [0, 0.1) is 5.92 Å². The maximum absolute atomic E-state index is 3.61. The molecule has 2 heteroatoms. The van der Waals surface area contributed by atoms with Crippen LogP contribution < -0.4 is 5.32 Å². The van der Waals surface area contributed by atoms with Gasteiger partial charge >= 0.3 is 0 Å². The quantitative estimate of drug-likeness (QED) is 0.650. The molecule has 0 heterocycles. The number of nitrogens with zero attached hydrogens (tertiary/aromatic N) is 1. The summed E-state index contributed by atoms with van der Waals surface area (Å²) < 4.78 is 0. The van der Waals surface area contributed by atoms with E-state index in [1.54, 1.807) is 0 Å². The molecule has 0 saturated heterocycles. The van der Waals surface area contributed by atoms with E-state index in [1.807, 2.05) is 0 Å². The molecule has 1 rings (SSSR count). The van der Waals surface area contributed by atoms with Crippen LogP contribution in [0.1, 0.15) is 53.4 Å². The van der Waals surface area contributed by atoms with Crippen LogP contribution in [0.2, 0.25) is 0 Å². The third kappa shape index (κ3) is 5.31. The van der Waals surface area contributed by atoms with Crippen molar-refractivity contribution in [3.05, 3.63) is 0 Å². The maximum Gasteiger partial charge on any atom is 0.00790 e. The van der Waals surface area contributed by atoms with Gasteiger partial charge in [-0.3, -0.25) is 0 Å². The van der Waals surface area contributed by atoms with Crippen molar-refractivity contribution in [2.75, 3.05) is 19.6 Å². The Kier molecular flexibility index (Phi) is 6.37. The monoisotopic (exact) mass is 226 g/mol. The standard InChI is InChI=1S/C14H30N2/c1-5-12(3)11-16(6-2)13(4)9-10-15-14-7-8-14/h12-15H,5-11H2,1-4H3. The van der Waals surface area contributed by atoms with E-state index < -0.39 is 0 Å². The minimum atomic E-state index is 0.727. The van der Waals surface area contributed by atoms with E-state index in [9.17, 15) is 0 Å². The van der Waals surface area contributed by atoms with E-state index in [2.05, 4.69) is 37.9 Å². The van der Waals surface area contributed by atoms with E-state index in [0.29, 0.717) is 0 Å². The Morgan fingerprint density at radius 2 is 1.94 bits per heavy atom. The first-order valence-corrected chi connectivity index (χ1v) is 7.14. The fraction of sp³-hybridized carbons (Fsp3) is 1.00. The molecule has 2 unspecified atom stereocenters. The topological polar surface area (TPSA) is 15.3 Å². The second-order valence-corrected chi connectivity index (χ2v) is 5.47. The molecule has 0 aromatic heterocycles. The van der Waals surface area contributed by atoms with Gasteiger partial charge in [-0.15, -0.1) is 0 Å². The Labute approximate surface area is 102 Å². The molecule has 1 saturated carbocycles. The Balaban J connectivity index is 2.15. The highest BCUT2D eigenvalue weighted by Gasteiger charge is 2.21. The number of hydrogen-bond acceptors (Lipinski definition) is 2. The van der Waals surface area contributed by atoms with Crippen molar-refractivity contribution in [3.63, 3.8) is 0 Å². The third-order valence-electron chi connectivity index (χ3n) is 3.85. The summed E-state index contributed by atoms with van der Waals surface area (Å²) in [6.07, 6.45) is 5.39. The highest BCUT2D eigenvalue weighted by atomic mass is 15.1. The molecule has 2 atom stereocenters. The molecule has 96 valence electrons. The second-order valence-electron chi connectivity index (χ2n) is 5.47. The summed E-state index contributed by atoms with van der Waals surface area (Å²) >= 11 is 0. The lowest BCUT2D eigenvalue weighted by Crippen LogP contribution is -2.38. The highest BCUT2D eigenvalue weighted by molar-refractivity contribution is 4.81. The van der Waals surface area contributed by atoms with Crippen LogP contribution in [-0.4, -0.2) is 36.6 Å². The fourth-order valence-electron chi connectivity index (χ4n) is 2.12. The Morgan fingerprint density at radius 1 is 1.25 bits per heavy atom. The van der Waals surface area contributed by atoms with E-state index in [-0.39, 0.29) is 0 Å². The molecule has 0 radical (unpaired) electrons. The lowest BCUT2D eigenvalue weighted by molar-refractivity contribution is 0.180. The Bertz CT molecular complexity index is 178. The van der Waals surface area contributed by atoms with Gasteiger partial charge in [0.2, 0.25) is 0 Å². The average Bonchev–Trinajstić information content (AvgIpc) is 3.09. The largest absolute Gasteiger partial charge is 0.314 e. The van der Waals surface area contributed by atoms with Gasteiger partial charge in [-0.1, -0.05) is 27.2 Å². The Morgan fingerprint density at radius 3 is 2.44 bits per heavy atom. The first kappa shape index (κ1) is 14.0. The number of rotatable bonds is 9. The molecule has 0 spiro atoms. The van der Waals surface area contributed by atoms with Crippen molar-refractivity contribution in [1.82, 2.24) is 10.2 Å². The van der Waals surface area contributed by atoms with Crippen molar-refractivity contribution in [2.45, 2.75) is 65.5 Å². The summed E-state index contributed by atoms with van der Waals surface area (Å²) in [6.45, 7) is 13.0. The first-order valence-electron chi connectivity index (χ1n) is 7.14. The van der Waals surface area contributed by atoms with Gasteiger partial charge in [0.15, 0.2) is 0 Å². The van der Waals surface area contributed by atoms with E-state index in [0.717, 1.165) is 18.0 Å². The summed E-state index contributed by atoms with van der Waals surface area (Å²) in [5.41, 5.74) is 0. The molecule has 0 bridgehead atoms. The van der Waals surface area contributed by atoms with Gasteiger partial charge in [0.05, 0.1) is 0 Å². The van der Waals surface area contributed by atoms with Crippen molar-refractivity contribution >= 4 is 0 Å². The van der Waals surface area contributed by atoms with E-state index in [1.165, 1.54) is 45.3 Å². The van der Waals surface area contributed by atoms with Gasteiger partial charge < -0.3 is 10.2 Å².